The SMILES string of the molecule is O=C(c1ccc(I)cc1)c1ccc2[nH]c(=O)cc(-c3cccc(Cl)c3)c2c1. The lowest BCUT2D eigenvalue weighted by Crippen LogP contribution is -2.06. The van der Waals surface area contributed by atoms with Crippen molar-refractivity contribution in [2.45, 2.75) is 0 Å². The zero-order chi connectivity index (χ0) is 19.0. The normalized spacial score (nSPS) is 10.9. The fourth-order valence-corrected chi connectivity index (χ4v) is 3.61. The molecule has 0 saturated carbocycles. The summed E-state index contributed by atoms with van der Waals surface area (Å²) < 4.78 is 1.07. The Bertz CT molecular complexity index is 1230. The number of hydrogen-bond donors (Lipinski definition) is 1. The summed E-state index contributed by atoms with van der Waals surface area (Å²) >= 11 is 8.33. The topological polar surface area (TPSA) is 49.9 Å². The largest absolute Gasteiger partial charge is 0.322 e. The van der Waals surface area contributed by atoms with Crippen molar-refractivity contribution in [2.75, 3.05) is 0 Å². The fraction of sp³-hybridized carbons (Fsp3) is 0. The van der Waals surface area contributed by atoms with Crippen molar-refractivity contribution >= 4 is 50.9 Å². The summed E-state index contributed by atoms with van der Waals surface area (Å²) in [4.78, 5) is 27.8. The number of nitrogens with one attached hydrogen (secondary N) is 1. The minimum absolute atomic E-state index is 0.0588. The maximum Gasteiger partial charge on any atom is 0.249 e. The summed E-state index contributed by atoms with van der Waals surface area (Å²) in [5, 5.41) is 1.39. The Morgan fingerprint density at radius 3 is 2.37 bits per heavy atom. The number of ketones is 1. The number of aromatic nitrogens is 1. The molecule has 3 aromatic carbocycles. The molecule has 0 aliphatic heterocycles. The van der Waals surface area contributed by atoms with Crippen LogP contribution < -0.4 is 5.56 Å². The lowest BCUT2D eigenvalue weighted by molar-refractivity contribution is 0.103. The quantitative estimate of drug-likeness (QED) is 0.300. The Kier molecular flexibility index (Phi) is 4.85. The number of fused-ring (bicyclic) bond motifs is 1. The molecule has 5 heteroatoms. The molecular weight excluding hydrogens is 473 g/mol. The molecule has 0 aliphatic rings. The first-order valence-electron chi connectivity index (χ1n) is 8.24. The summed E-state index contributed by atoms with van der Waals surface area (Å²) in [6, 6.07) is 21.6. The van der Waals surface area contributed by atoms with E-state index < -0.39 is 0 Å². The molecule has 1 N–H and O–H groups in total. The fourth-order valence-electron chi connectivity index (χ4n) is 3.06. The summed E-state index contributed by atoms with van der Waals surface area (Å²) in [7, 11) is 0. The van der Waals surface area contributed by atoms with Gasteiger partial charge in [-0.15, -0.1) is 0 Å². The van der Waals surface area contributed by atoms with Crippen molar-refractivity contribution in [1.82, 2.24) is 4.98 Å². The Morgan fingerprint density at radius 1 is 0.889 bits per heavy atom. The second-order valence-electron chi connectivity index (χ2n) is 6.15. The number of hydrogen-bond acceptors (Lipinski definition) is 2. The molecule has 1 heterocycles. The summed E-state index contributed by atoms with van der Waals surface area (Å²) in [5.41, 5.74) is 3.25. The Balaban J connectivity index is 1.89. The third-order valence-corrected chi connectivity index (χ3v) is 5.30. The highest BCUT2D eigenvalue weighted by Gasteiger charge is 2.13. The minimum Gasteiger partial charge on any atom is -0.322 e. The molecule has 0 aliphatic carbocycles. The van der Waals surface area contributed by atoms with Gasteiger partial charge in [-0.1, -0.05) is 23.7 Å². The number of carbonyl (C=O) groups excluding carboxylic acids is 1. The van der Waals surface area contributed by atoms with Crippen molar-refractivity contribution < 1.29 is 4.79 Å². The van der Waals surface area contributed by atoms with E-state index in [9.17, 15) is 9.59 Å². The van der Waals surface area contributed by atoms with Crippen LogP contribution in [0.4, 0.5) is 0 Å². The predicted octanol–water partition coefficient (Wildman–Crippen LogP) is 5.68. The lowest BCUT2D eigenvalue weighted by atomic mass is 9.97. The van der Waals surface area contributed by atoms with Crippen LogP contribution in [0, 0.1) is 3.57 Å². The van der Waals surface area contributed by atoms with Crippen molar-refractivity contribution in [3.63, 3.8) is 0 Å². The molecule has 27 heavy (non-hydrogen) atoms. The number of H-pyrrole nitrogens is 1. The first-order valence-corrected chi connectivity index (χ1v) is 9.70. The molecule has 0 radical (unpaired) electrons. The van der Waals surface area contributed by atoms with E-state index in [-0.39, 0.29) is 11.3 Å². The van der Waals surface area contributed by atoms with Crippen LogP contribution in [0.5, 0.6) is 0 Å². The molecule has 0 bridgehead atoms. The van der Waals surface area contributed by atoms with Crippen molar-refractivity contribution in [3.05, 3.63) is 103 Å². The average Bonchev–Trinajstić information content (AvgIpc) is 2.67. The van der Waals surface area contributed by atoms with Gasteiger partial charge in [0.2, 0.25) is 5.56 Å². The van der Waals surface area contributed by atoms with Crippen LogP contribution in [-0.4, -0.2) is 10.8 Å². The third-order valence-electron chi connectivity index (χ3n) is 4.35. The maximum atomic E-state index is 12.9. The van der Waals surface area contributed by atoms with Gasteiger partial charge >= 0.3 is 0 Å². The van der Waals surface area contributed by atoms with Gasteiger partial charge in [0.25, 0.3) is 0 Å². The highest BCUT2D eigenvalue weighted by molar-refractivity contribution is 14.1. The molecule has 0 spiro atoms. The Labute approximate surface area is 174 Å². The van der Waals surface area contributed by atoms with E-state index in [1.54, 1.807) is 18.2 Å². The molecule has 1 aromatic heterocycles. The van der Waals surface area contributed by atoms with Gasteiger partial charge in [0.1, 0.15) is 0 Å². The molecule has 0 fully saturated rings. The van der Waals surface area contributed by atoms with Crippen molar-refractivity contribution in [3.8, 4) is 11.1 Å². The van der Waals surface area contributed by atoms with Gasteiger partial charge in [0, 0.05) is 36.7 Å². The molecule has 0 unspecified atom stereocenters. The number of rotatable bonds is 3. The van der Waals surface area contributed by atoms with Crippen LogP contribution in [0.1, 0.15) is 15.9 Å². The van der Waals surface area contributed by atoms with Gasteiger partial charge in [-0.05, 0) is 88.3 Å². The zero-order valence-corrected chi connectivity index (χ0v) is 16.9. The van der Waals surface area contributed by atoms with Crippen LogP contribution in [0.2, 0.25) is 5.02 Å². The minimum atomic E-state index is -0.200. The molecule has 0 saturated heterocycles. The Morgan fingerprint density at radius 2 is 1.63 bits per heavy atom. The highest BCUT2D eigenvalue weighted by Crippen LogP contribution is 2.29. The molecule has 0 amide bonds. The van der Waals surface area contributed by atoms with Crippen LogP contribution in [0.25, 0.3) is 22.0 Å². The number of pyridine rings is 1. The first kappa shape index (κ1) is 17.9. The molecular formula is C22H13ClINO2. The maximum absolute atomic E-state index is 12.9. The van der Waals surface area contributed by atoms with E-state index in [0.717, 1.165) is 20.1 Å². The van der Waals surface area contributed by atoms with Gasteiger partial charge in [0.15, 0.2) is 5.78 Å². The number of benzene rings is 3. The van der Waals surface area contributed by atoms with Gasteiger partial charge in [-0.2, -0.15) is 0 Å². The van der Waals surface area contributed by atoms with E-state index in [4.69, 9.17) is 11.6 Å². The number of aromatic amines is 1. The standard InChI is InChI=1S/C22H13ClINO2/c23-16-3-1-2-14(10-16)18-12-21(26)25-20-9-6-15(11-19(18)20)22(27)13-4-7-17(24)8-5-13/h1-12H,(H,25,26). The third kappa shape index (κ3) is 3.68. The number of halogens is 2. The monoisotopic (exact) mass is 485 g/mol. The lowest BCUT2D eigenvalue weighted by Gasteiger charge is -2.09. The molecule has 3 nitrogen and oxygen atoms in total. The highest BCUT2D eigenvalue weighted by atomic mass is 127. The van der Waals surface area contributed by atoms with Gasteiger partial charge in [-0.25, -0.2) is 0 Å². The molecule has 4 aromatic rings. The van der Waals surface area contributed by atoms with Gasteiger partial charge < -0.3 is 4.98 Å². The van der Waals surface area contributed by atoms with E-state index in [1.807, 2.05) is 48.5 Å². The summed E-state index contributed by atoms with van der Waals surface area (Å²) in [5.74, 6) is -0.0588. The van der Waals surface area contributed by atoms with E-state index in [1.165, 1.54) is 6.07 Å². The summed E-state index contributed by atoms with van der Waals surface area (Å²) in [6.45, 7) is 0. The van der Waals surface area contributed by atoms with E-state index >= 15 is 0 Å². The van der Waals surface area contributed by atoms with E-state index in [0.29, 0.717) is 21.7 Å². The van der Waals surface area contributed by atoms with Crippen LogP contribution in [0.3, 0.4) is 0 Å². The van der Waals surface area contributed by atoms with Crippen molar-refractivity contribution in [2.24, 2.45) is 0 Å². The Hall–Kier alpha value is -2.44. The second-order valence-corrected chi connectivity index (χ2v) is 7.84. The zero-order valence-electron chi connectivity index (χ0n) is 14.0. The average molecular weight is 486 g/mol. The van der Waals surface area contributed by atoms with Gasteiger partial charge in [-0.3, -0.25) is 9.59 Å². The van der Waals surface area contributed by atoms with Crippen LogP contribution in [-0.2, 0) is 0 Å². The van der Waals surface area contributed by atoms with E-state index in [2.05, 4.69) is 27.6 Å². The van der Waals surface area contributed by atoms with Crippen LogP contribution >= 0.6 is 34.2 Å². The second kappa shape index (κ2) is 7.29. The van der Waals surface area contributed by atoms with Crippen LogP contribution in [0.15, 0.2) is 77.6 Å². The molecule has 4 rings (SSSR count). The molecule has 132 valence electrons. The smallest absolute Gasteiger partial charge is 0.249 e. The molecule has 0 atom stereocenters. The number of carbonyl (C=O) groups is 1. The van der Waals surface area contributed by atoms with Gasteiger partial charge in [0.05, 0.1) is 0 Å². The van der Waals surface area contributed by atoms with Crippen molar-refractivity contribution in [1.29, 1.82) is 0 Å². The summed E-state index contributed by atoms with van der Waals surface area (Å²) in [6.07, 6.45) is 0. The predicted molar refractivity (Wildman–Crippen MR) is 118 cm³/mol. The first-order chi connectivity index (χ1) is 13.0.